The Labute approximate surface area is 258 Å². The average molecular weight is 602 g/mol. The van der Waals surface area contributed by atoms with Gasteiger partial charge in [0.2, 0.25) is 5.91 Å². The fourth-order valence-electron chi connectivity index (χ4n) is 6.16. The summed E-state index contributed by atoms with van der Waals surface area (Å²) in [6.45, 7) is 3.55. The minimum Gasteiger partial charge on any atom is -0.492 e. The molecule has 226 valence electrons. The minimum absolute atomic E-state index is 0.0489. The summed E-state index contributed by atoms with van der Waals surface area (Å²) in [6, 6.07) is 16.8. The van der Waals surface area contributed by atoms with Crippen LogP contribution in [-0.2, 0) is 4.79 Å². The van der Waals surface area contributed by atoms with Crippen molar-refractivity contribution in [3.8, 4) is 39.4 Å². The fourth-order valence-corrected chi connectivity index (χ4v) is 6.16. The maximum atomic E-state index is 14.8. The van der Waals surface area contributed by atoms with E-state index in [9.17, 15) is 9.18 Å². The summed E-state index contributed by atoms with van der Waals surface area (Å²) in [5.41, 5.74) is 7.19. The van der Waals surface area contributed by atoms with Gasteiger partial charge in [0, 0.05) is 47.3 Å². The van der Waals surface area contributed by atoms with Crippen molar-refractivity contribution in [2.75, 3.05) is 31.6 Å². The van der Waals surface area contributed by atoms with Crippen LogP contribution in [-0.4, -0.2) is 62.2 Å². The molecule has 5 heterocycles. The number of fused-ring (bicyclic) bond motifs is 2. The quantitative estimate of drug-likeness (QED) is 0.168. The number of carbonyl (C=O) groups excluding carboxylic acids is 1. The smallest absolute Gasteiger partial charge is 0.227 e. The predicted octanol–water partition coefficient (Wildman–Crippen LogP) is 6.80. The second-order valence-electron chi connectivity index (χ2n) is 11.9. The van der Waals surface area contributed by atoms with Crippen molar-refractivity contribution in [2.24, 2.45) is 5.92 Å². The Morgan fingerprint density at radius 1 is 0.978 bits per heavy atom. The highest BCUT2D eigenvalue weighted by molar-refractivity contribution is 6.01. The largest absolute Gasteiger partial charge is 0.492 e. The van der Waals surface area contributed by atoms with Crippen LogP contribution in [0.25, 0.3) is 55.6 Å². The number of hydrogen-bond donors (Lipinski definition) is 3. The van der Waals surface area contributed by atoms with E-state index < -0.39 is 0 Å². The fraction of sp³-hybridized carbons (Fsp3) is 0.257. The van der Waals surface area contributed by atoms with Crippen molar-refractivity contribution in [2.45, 2.75) is 25.7 Å². The van der Waals surface area contributed by atoms with Gasteiger partial charge in [-0.3, -0.25) is 19.8 Å². The molecule has 0 unspecified atom stereocenters. The lowest BCUT2D eigenvalue weighted by Gasteiger charge is -2.15. The number of ether oxygens (including phenoxy) is 1. The first-order valence-corrected chi connectivity index (χ1v) is 15.5. The Morgan fingerprint density at radius 3 is 2.73 bits per heavy atom. The molecular weight excluding hydrogens is 569 g/mol. The first kappa shape index (κ1) is 27.5. The van der Waals surface area contributed by atoms with Gasteiger partial charge in [0.25, 0.3) is 0 Å². The van der Waals surface area contributed by atoms with Gasteiger partial charge >= 0.3 is 0 Å². The number of likely N-dealkylation sites (tertiary alicyclic amines) is 1. The number of rotatable bonds is 9. The lowest BCUT2D eigenvalue weighted by molar-refractivity contribution is -0.117. The van der Waals surface area contributed by atoms with Crippen LogP contribution in [0.5, 0.6) is 5.75 Å². The molecule has 1 aliphatic carbocycles. The van der Waals surface area contributed by atoms with Gasteiger partial charge < -0.3 is 15.0 Å². The predicted molar refractivity (Wildman–Crippen MR) is 172 cm³/mol. The zero-order valence-electron chi connectivity index (χ0n) is 24.6. The van der Waals surface area contributed by atoms with Gasteiger partial charge in [-0.1, -0.05) is 6.07 Å². The normalized spacial score (nSPS) is 15.2. The van der Waals surface area contributed by atoms with E-state index in [1.54, 1.807) is 18.6 Å². The average Bonchev–Trinajstić information content (AvgIpc) is 3.40. The third-order valence-electron chi connectivity index (χ3n) is 8.69. The zero-order chi connectivity index (χ0) is 30.3. The molecule has 1 saturated heterocycles. The number of anilines is 1. The summed E-state index contributed by atoms with van der Waals surface area (Å²) in [6.07, 6.45) is 9.52. The molecule has 8 rings (SSSR count). The van der Waals surface area contributed by atoms with Crippen LogP contribution in [0.3, 0.4) is 0 Å². The molecule has 0 bridgehead atoms. The molecular formula is C35H32FN7O2. The Bertz CT molecular complexity index is 2040. The van der Waals surface area contributed by atoms with Crippen LogP contribution in [0.1, 0.15) is 25.7 Å². The minimum atomic E-state index is -0.346. The highest BCUT2D eigenvalue weighted by Crippen LogP contribution is 2.36. The van der Waals surface area contributed by atoms with Crippen molar-refractivity contribution in [3.63, 3.8) is 0 Å². The third-order valence-corrected chi connectivity index (χ3v) is 8.69. The van der Waals surface area contributed by atoms with Gasteiger partial charge in [-0.25, -0.2) is 9.37 Å². The zero-order valence-corrected chi connectivity index (χ0v) is 24.6. The molecule has 0 radical (unpaired) electrons. The third kappa shape index (κ3) is 5.64. The van der Waals surface area contributed by atoms with E-state index in [0.29, 0.717) is 23.7 Å². The molecule has 1 saturated carbocycles. The highest BCUT2D eigenvalue weighted by Gasteiger charge is 2.29. The number of carbonyl (C=O) groups is 1. The van der Waals surface area contributed by atoms with Crippen molar-refractivity contribution < 1.29 is 13.9 Å². The molecule has 1 amide bonds. The molecule has 4 aromatic heterocycles. The molecule has 3 N–H and O–H groups in total. The molecule has 2 aromatic carbocycles. The van der Waals surface area contributed by atoms with E-state index in [1.165, 1.54) is 25.0 Å². The Hall–Kier alpha value is -5.09. The monoisotopic (exact) mass is 601 g/mol. The van der Waals surface area contributed by atoms with Gasteiger partial charge in [0.05, 0.1) is 23.1 Å². The molecule has 10 heteroatoms. The van der Waals surface area contributed by atoms with Crippen molar-refractivity contribution in [1.82, 2.24) is 30.0 Å². The number of halogens is 1. The van der Waals surface area contributed by atoms with E-state index in [2.05, 4.69) is 41.4 Å². The number of amides is 1. The maximum Gasteiger partial charge on any atom is 0.227 e. The highest BCUT2D eigenvalue weighted by atomic mass is 19.1. The van der Waals surface area contributed by atoms with Gasteiger partial charge in [-0.05, 0) is 97.9 Å². The summed E-state index contributed by atoms with van der Waals surface area (Å²) < 4.78 is 20.8. The number of aromatic nitrogens is 5. The lowest BCUT2D eigenvalue weighted by Crippen LogP contribution is -2.25. The molecule has 0 atom stereocenters. The summed E-state index contributed by atoms with van der Waals surface area (Å²) in [7, 11) is 0. The van der Waals surface area contributed by atoms with Crippen LogP contribution >= 0.6 is 0 Å². The number of nitrogens with zero attached hydrogens (tertiary/aromatic N) is 4. The number of benzene rings is 2. The van der Waals surface area contributed by atoms with Crippen LogP contribution < -0.4 is 10.1 Å². The molecule has 2 aliphatic rings. The molecule has 45 heavy (non-hydrogen) atoms. The van der Waals surface area contributed by atoms with Crippen molar-refractivity contribution in [3.05, 3.63) is 79.0 Å². The number of pyridine rings is 2. The first-order chi connectivity index (χ1) is 22.1. The Balaban J connectivity index is 1.10. The van der Waals surface area contributed by atoms with Crippen LogP contribution in [0, 0.1) is 11.7 Å². The topological polar surface area (TPSA) is 112 Å². The van der Waals surface area contributed by atoms with Gasteiger partial charge in [-0.15, -0.1) is 0 Å². The summed E-state index contributed by atoms with van der Waals surface area (Å²) in [4.78, 5) is 27.0. The Kier molecular flexibility index (Phi) is 6.98. The second-order valence-corrected chi connectivity index (χ2v) is 11.9. The van der Waals surface area contributed by atoms with Crippen molar-refractivity contribution in [1.29, 1.82) is 0 Å². The van der Waals surface area contributed by atoms with E-state index in [1.807, 2.05) is 36.4 Å². The summed E-state index contributed by atoms with van der Waals surface area (Å²) in [5.74, 6) is 0.334. The van der Waals surface area contributed by atoms with E-state index >= 15 is 0 Å². The standard InChI is InChI=1S/C35H32FN7O2/c36-25-13-23(15-27(17-25)45-12-11-43-9-1-2-10-43)28-7-8-38-34-29(28)18-32(40-34)33-30-16-22(5-6-31(30)41-42-33)24-14-26(20-37-19-24)39-35(44)21-3-4-21/h5-8,13-21H,1-4,9-12H2,(H,38,40)(H,39,44)(H,41,42). The Morgan fingerprint density at radius 2 is 1.87 bits per heavy atom. The van der Waals surface area contributed by atoms with Crippen LogP contribution in [0.15, 0.2) is 73.2 Å². The van der Waals surface area contributed by atoms with Crippen LogP contribution in [0.2, 0.25) is 0 Å². The first-order valence-electron chi connectivity index (χ1n) is 15.5. The maximum absolute atomic E-state index is 14.8. The molecule has 2 fully saturated rings. The molecule has 1 aliphatic heterocycles. The van der Waals surface area contributed by atoms with Crippen LogP contribution in [0.4, 0.5) is 10.1 Å². The van der Waals surface area contributed by atoms with E-state index in [0.717, 1.165) is 82.4 Å². The SMILES string of the molecule is O=C(Nc1cncc(-c2ccc3[nH]nc(-c4cc5c(-c6cc(F)cc(OCCN7CCCC7)c6)ccnc5[nH]4)c3c2)c1)C1CC1. The van der Waals surface area contributed by atoms with Gasteiger partial charge in [-0.2, -0.15) is 5.10 Å². The molecule has 0 spiro atoms. The molecule has 6 aromatic rings. The summed E-state index contributed by atoms with van der Waals surface area (Å²) >= 11 is 0. The van der Waals surface area contributed by atoms with Gasteiger partial charge in [0.1, 0.15) is 29.5 Å². The number of aromatic amines is 2. The van der Waals surface area contributed by atoms with Crippen molar-refractivity contribution >= 4 is 33.5 Å². The van der Waals surface area contributed by atoms with E-state index in [4.69, 9.17) is 4.74 Å². The number of nitrogens with one attached hydrogen (secondary N) is 3. The van der Waals surface area contributed by atoms with Gasteiger partial charge in [0.15, 0.2) is 0 Å². The lowest BCUT2D eigenvalue weighted by atomic mass is 10.0. The number of H-pyrrole nitrogens is 2. The second kappa shape index (κ2) is 11.4. The summed E-state index contributed by atoms with van der Waals surface area (Å²) in [5, 5.41) is 12.5. The van der Waals surface area contributed by atoms with E-state index in [-0.39, 0.29) is 17.6 Å². The molecule has 9 nitrogen and oxygen atoms in total. The number of hydrogen-bond acceptors (Lipinski definition) is 6.